The van der Waals surface area contributed by atoms with Gasteiger partial charge in [-0.1, -0.05) is 39.7 Å². The van der Waals surface area contributed by atoms with Crippen LogP contribution in [-0.2, 0) is 5.88 Å². The Morgan fingerprint density at radius 1 is 1.33 bits per heavy atom. The van der Waals surface area contributed by atoms with E-state index >= 15 is 0 Å². The third kappa shape index (κ3) is 3.33. The lowest BCUT2D eigenvalue weighted by Crippen LogP contribution is -2.19. The van der Waals surface area contributed by atoms with Gasteiger partial charge in [0.25, 0.3) is 0 Å². The fourth-order valence-corrected chi connectivity index (χ4v) is 2.02. The highest BCUT2D eigenvalue weighted by Crippen LogP contribution is 2.25. The molecule has 5 heteroatoms. The zero-order valence-corrected chi connectivity index (χ0v) is 10.9. The van der Waals surface area contributed by atoms with Gasteiger partial charge in [-0.15, -0.1) is 11.6 Å². The van der Waals surface area contributed by atoms with Crippen LogP contribution in [0.25, 0.3) is 0 Å². The Hall–Kier alpha value is 0.200. The minimum absolute atomic E-state index is 0.282. The van der Waals surface area contributed by atoms with Crippen molar-refractivity contribution >= 4 is 39.1 Å². The maximum Gasteiger partial charge on any atom is 0.106 e. The van der Waals surface area contributed by atoms with Crippen molar-refractivity contribution < 1.29 is 10.2 Å². The number of benzene rings is 1. The van der Waals surface area contributed by atoms with Crippen LogP contribution in [0, 0.1) is 0 Å². The lowest BCUT2D eigenvalue weighted by atomic mass is 10.0. The largest absolute Gasteiger partial charge is 0.389 e. The molecule has 0 aliphatic heterocycles. The maximum atomic E-state index is 9.73. The molecule has 2 nitrogen and oxygen atoms in total. The molecule has 0 saturated heterocycles. The number of aliphatic hydroxyl groups is 2. The Kier molecular flexibility index (Phi) is 5.36. The Morgan fingerprint density at radius 3 is 2.53 bits per heavy atom. The molecular weight excluding hydrogens is 303 g/mol. The van der Waals surface area contributed by atoms with Crippen LogP contribution in [0.3, 0.4) is 0 Å². The zero-order chi connectivity index (χ0) is 11.4. The Labute approximate surface area is 107 Å². The predicted octanol–water partition coefficient (Wildman–Crippen LogP) is 2.87. The van der Waals surface area contributed by atoms with Gasteiger partial charge in [0.1, 0.15) is 6.10 Å². The molecule has 0 saturated carbocycles. The SMILES string of the molecule is OC(CBr)C(O)c1ccc(Cl)c(CCl)c1. The molecule has 0 aliphatic carbocycles. The van der Waals surface area contributed by atoms with Gasteiger partial charge >= 0.3 is 0 Å². The average Bonchev–Trinajstić information content (AvgIpc) is 2.27. The van der Waals surface area contributed by atoms with Gasteiger partial charge in [0, 0.05) is 16.2 Å². The van der Waals surface area contributed by atoms with E-state index in [-0.39, 0.29) is 5.88 Å². The maximum absolute atomic E-state index is 9.73. The highest BCUT2D eigenvalue weighted by molar-refractivity contribution is 9.09. The Balaban J connectivity index is 2.95. The molecule has 2 N–H and O–H groups in total. The van der Waals surface area contributed by atoms with E-state index in [1.807, 2.05) is 0 Å². The number of hydrogen-bond acceptors (Lipinski definition) is 2. The van der Waals surface area contributed by atoms with Gasteiger partial charge in [-0.3, -0.25) is 0 Å². The molecule has 1 aromatic carbocycles. The smallest absolute Gasteiger partial charge is 0.106 e. The van der Waals surface area contributed by atoms with Crippen molar-refractivity contribution in [3.8, 4) is 0 Å². The fourth-order valence-electron chi connectivity index (χ4n) is 1.19. The molecule has 15 heavy (non-hydrogen) atoms. The lowest BCUT2D eigenvalue weighted by molar-refractivity contribution is 0.0342. The summed E-state index contributed by atoms with van der Waals surface area (Å²) < 4.78 is 0. The van der Waals surface area contributed by atoms with Gasteiger partial charge in [0.2, 0.25) is 0 Å². The highest BCUT2D eigenvalue weighted by atomic mass is 79.9. The summed E-state index contributed by atoms with van der Waals surface area (Å²) in [6.07, 6.45) is -1.77. The summed E-state index contributed by atoms with van der Waals surface area (Å²) in [5.74, 6) is 0.282. The molecule has 1 rings (SSSR count). The fraction of sp³-hybridized carbons (Fsp3) is 0.400. The second-order valence-electron chi connectivity index (χ2n) is 3.15. The van der Waals surface area contributed by atoms with Crippen molar-refractivity contribution in [3.05, 3.63) is 34.3 Å². The number of rotatable bonds is 4. The molecule has 0 heterocycles. The summed E-state index contributed by atoms with van der Waals surface area (Å²) in [6.45, 7) is 0. The third-order valence-electron chi connectivity index (χ3n) is 2.08. The van der Waals surface area contributed by atoms with Crippen LogP contribution in [0.15, 0.2) is 18.2 Å². The lowest BCUT2D eigenvalue weighted by Gasteiger charge is -2.16. The van der Waals surface area contributed by atoms with Gasteiger partial charge in [-0.05, 0) is 17.2 Å². The Morgan fingerprint density at radius 2 is 2.00 bits per heavy atom. The average molecular weight is 314 g/mol. The number of hydrogen-bond donors (Lipinski definition) is 2. The molecule has 84 valence electrons. The van der Waals surface area contributed by atoms with Crippen LogP contribution in [0.2, 0.25) is 5.02 Å². The number of alkyl halides is 2. The van der Waals surface area contributed by atoms with Gasteiger partial charge < -0.3 is 10.2 Å². The van der Waals surface area contributed by atoms with Gasteiger partial charge in [-0.2, -0.15) is 0 Å². The zero-order valence-electron chi connectivity index (χ0n) is 7.83. The summed E-state index contributed by atoms with van der Waals surface area (Å²) in [5.41, 5.74) is 1.36. The summed E-state index contributed by atoms with van der Waals surface area (Å²) >= 11 is 14.7. The van der Waals surface area contributed by atoms with Crippen molar-refractivity contribution in [2.45, 2.75) is 18.1 Å². The molecule has 1 aromatic rings. The van der Waals surface area contributed by atoms with Crippen molar-refractivity contribution in [2.24, 2.45) is 0 Å². The first kappa shape index (κ1) is 13.3. The summed E-state index contributed by atoms with van der Waals surface area (Å²) in [5, 5.41) is 20.1. The van der Waals surface area contributed by atoms with E-state index < -0.39 is 12.2 Å². The normalized spacial score (nSPS) is 15.0. The number of aliphatic hydroxyl groups excluding tert-OH is 2. The molecule has 0 amide bonds. The molecule has 0 aliphatic rings. The standard InChI is InChI=1S/C10H11BrCl2O2/c11-4-9(14)10(15)6-1-2-8(13)7(3-6)5-12/h1-3,9-10,14-15H,4-5H2. The summed E-state index contributed by atoms with van der Waals surface area (Å²) in [6, 6.07) is 5.04. The van der Waals surface area contributed by atoms with E-state index in [1.54, 1.807) is 18.2 Å². The molecule has 2 atom stereocenters. The first-order valence-corrected chi connectivity index (χ1v) is 6.40. The quantitative estimate of drug-likeness (QED) is 0.839. The van der Waals surface area contributed by atoms with Crippen LogP contribution in [0.1, 0.15) is 17.2 Å². The second kappa shape index (κ2) is 6.06. The van der Waals surface area contributed by atoms with Crippen molar-refractivity contribution in [1.29, 1.82) is 0 Å². The summed E-state index contributed by atoms with van der Waals surface area (Å²) in [7, 11) is 0. The highest BCUT2D eigenvalue weighted by Gasteiger charge is 2.17. The predicted molar refractivity (Wildman–Crippen MR) is 65.8 cm³/mol. The van der Waals surface area contributed by atoms with Crippen LogP contribution in [0.4, 0.5) is 0 Å². The van der Waals surface area contributed by atoms with E-state index in [4.69, 9.17) is 23.2 Å². The van der Waals surface area contributed by atoms with Crippen molar-refractivity contribution in [2.75, 3.05) is 5.33 Å². The minimum atomic E-state index is -0.927. The van der Waals surface area contributed by atoms with E-state index in [0.717, 1.165) is 5.56 Å². The molecule has 2 unspecified atom stereocenters. The van der Waals surface area contributed by atoms with Crippen molar-refractivity contribution in [1.82, 2.24) is 0 Å². The van der Waals surface area contributed by atoms with Crippen LogP contribution >= 0.6 is 39.1 Å². The second-order valence-corrected chi connectivity index (χ2v) is 4.47. The van der Waals surface area contributed by atoms with E-state index in [2.05, 4.69) is 15.9 Å². The van der Waals surface area contributed by atoms with E-state index in [1.165, 1.54) is 0 Å². The molecule has 0 fully saturated rings. The van der Waals surface area contributed by atoms with E-state index in [9.17, 15) is 10.2 Å². The molecule has 0 aromatic heterocycles. The van der Waals surface area contributed by atoms with Crippen LogP contribution in [0.5, 0.6) is 0 Å². The first-order valence-electron chi connectivity index (χ1n) is 4.36. The van der Waals surface area contributed by atoms with Gasteiger partial charge in [0.15, 0.2) is 0 Å². The molecule has 0 bridgehead atoms. The minimum Gasteiger partial charge on any atom is -0.389 e. The van der Waals surface area contributed by atoms with Gasteiger partial charge in [-0.25, -0.2) is 0 Å². The topological polar surface area (TPSA) is 40.5 Å². The third-order valence-corrected chi connectivity index (χ3v) is 3.40. The van der Waals surface area contributed by atoms with Crippen molar-refractivity contribution in [3.63, 3.8) is 0 Å². The van der Waals surface area contributed by atoms with Crippen LogP contribution in [-0.4, -0.2) is 21.6 Å². The molecule has 0 radical (unpaired) electrons. The van der Waals surface area contributed by atoms with E-state index in [0.29, 0.717) is 15.9 Å². The number of halogens is 3. The summed E-state index contributed by atoms with van der Waals surface area (Å²) in [4.78, 5) is 0. The van der Waals surface area contributed by atoms with Crippen LogP contribution < -0.4 is 0 Å². The van der Waals surface area contributed by atoms with Gasteiger partial charge in [0.05, 0.1) is 6.10 Å². The molecular formula is C10H11BrCl2O2. The Bertz CT molecular complexity index is 333. The first-order chi connectivity index (χ1) is 7.10. The molecule has 0 spiro atoms. The monoisotopic (exact) mass is 312 g/mol.